The Hall–Kier alpha value is -1.77. The van der Waals surface area contributed by atoms with Gasteiger partial charge < -0.3 is 5.32 Å². The largest absolute Gasteiger partial charge is 0.382 e. The van der Waals surface area contributed by atoms with E-state index in [1.807, 2.05) is 23.1 Å². The molecule has 0 bridgehead atoms. The third-order valence-electron chi connectivity index (χ3n) is 3.69. The molecule has 1 aliphatic rings. The molecule has 100 valence electrons. The maximum atomic E-state index is 4.28. The molecule has 1 heterocycles. The fourth-order valence-corrected chi connectivity index (χ4v) is 2.55. The molecule has 1 aliphatic carbocycles. The highest BCUT2D eigenvalue weighted by Gasteiger charge is 2.23. The Morgan fingerprint density at radius 3 is 2.89 bits per heavy atom. The van der Waals surface area contributed by atoms with Gasteiger partial charge in [0, 0.05) is 24.1 Å². The first-order valence-corrected chi connectivity index (χ1v) is 7.13. The van der Waals surface area contributed by atoms with Crippen molar-refractivity contribution in [1.82, 2.24) is 9.78 Å². The molecule has 0 aliphatic heterocycles. The normalized spacial score (nSPS) is 16.3. The van der Waals surface area contributed by atoms with E-state index in [1.54, 1.807) is 0 Å². The van der Waals surface area contributed by atoms with E-state index in [-0.39, 0.29) is 0 Å². The molecule has 0 spiro atoms. The van der Waals surface area contributed by atoms with E-state index in [9.17, 15) is 0 Å². The van der Waals surface area contributed by atoms with Crippen molar-refractivity contribution in [3.63, 3.8) is 0 Å². The lowest BCUT2D eigenvalue weighted by Gasteiger charge is -2.18. The fourth-order valence-electron chi connectivity index (χ4n) is 2.55. The molecule has 3 rings (SSSR count). The second kappa shape index (κ2) is 5.47. The maximum absolute atomic E-state index is 4.28. The second-order valence-electron chi connectivity index (χ2n) is 5.59. The van der Waals surface area contributed by atoms with Crippen LogP contribution < -0.4 is 5.32 Å². The lowest BCUT2D eigenvalue weighted by molar-refractivity contribution is 0.638. The fraction of sp³-hybridized carbons (Fsp3) is 0.438. The average molecular weight is 255 g/mol. The van der Waals surface area contributed by atoms with E-state index in [2.05, 4.69) is 41.6 Å². The van der Waals surface area contributed by atoms with Crippen LogP contribution in [0.2, 0.25) is 0 Å². The molecular weight excluding hydrogens is 234 g/mol. The average Bonchev–Trinajstić information content (AvgIpc) is 3.05. The summed E-state index contributed by atoms with van der Waals surface area (Å²) < 4.78 is 1.96. The van der Waals surface area contributed by atoms with Crippen LogP contribution in [0.3, 0.4) is 0 Å². The Bertz CT molecular complexity index is 515. The van der Waals surface area contributed by atoms with Gasteiger partial charge in [-0.2, -0.15) is 5.10 Å². The molecule has 1 N–H and O–H groups in total. The van der Waals surface area contributed by atoms with Crippen molar-refractivity contribution >= 4 is 5.69 Å². The molecule has 1 aromatic heterocycles. The summed E-state index contributed by atoms with van der Waals surface area (Å²) in [6.45, 7) is 3.11. The Morgan fingerprint density at radius 1 is 1.32 bits per heavy atom. The highest BCUT2D eigenvalue weighted by molar-refractivity contribution is 5.51. The van der Waals surface area contributed by atoms with Crippen molar-refractivity contribution < 1.29 is 0 Å². The minimum Gasteiger partial charge on any atom is -0.382 e. The Morgan fingerprint density at radius 2 is 2.16 bits per heavy atom. The lowest BCUT2D eigenvalue weighted by atomic mass is 10.1. The number of anilines is 1. The molecule has 0 saturated heterocycles. The van der Waals surface area contributed by atoms with Crippen LogP contribution in [0.25, 0.3) is 0 Å². The minimum absolute atomic E-state index is 0.547. The van der Waals surface area contributed by atoms with Gasteiger partial charge in [-0.15, -0.1) is 0 Å². The first kappa shape index (κ1) is 12.3. The third-order valence-corrected chi connectivity index (χ3v) is 3.69. The number of aromatic nitrogens is 2. The van der Waals surface area contributed by atoms with E-state index >= 15 is 0 Å². The molecule has 1 saturated carbocycles. The summed E-state index contributed by atoms with van der Waals surface area (Å²) in [4.78, 5) is 0. The van der Waals surface area contributed by atoms with Crippen molar-refractivity contribution in [1.29, 1.82) is 0 Å². The van der Waals surface area contributed by atoms with E-state index in [4.69, 9.17) is 0 Å². The van der Waals surface area contributed by atoms with Crippen LogP contribution >= 0.6 is 0 Å². The molecule has 0 radical (unpaired) electrons. The zero-order valence-electron chi connectivity index (χ0n) is 11.4. The van der Waals surface area contributed by atoms with Gasteiger partial charge in [0.05, 0.1) is 6.54 Å². The predicted octanol–water partition coefficient (Wildman–Crippen LogP) is 3.53. The summed E-state index contributed by atoms with van der Waals surface area (Å²) in [6, 6.07) is 11.0. The summed E-state index contributed by atoms with van der Waals surface area (Å²) in [5.41, 5.74) is 2.54. The van der Waals surface area contributed by atoms with E-state index in [0.717, 1.165) is 12.5 Å². The summed E-state index contributed by atoms with van der Waals surface area (Å²) in [6.07, 6.45) is 7.95. The second-order valence-corrected chi connectivity index (χ2v) is 5.59. The minimum atomic E-state index is 0.547. The van der Waals surface area contributed by atoms with Gasteiger partial charge in [-0.3, -0.25) is 4.68 Å². The smallest absolute Gasteiger partial charge is 0.0679 e. The van der Waals surface area contributed by atoms with Gasteiger partial charge in [0.1, 0.15) is 0 Å². The highest BCUT2D eigenvalue weighted by atomic mass is 15.3. The molecule has 1 fully saturated rings. The van der Waals surface area contributed by atoms with Gasteiger partial charge in [0.25, 0.3) is 0 Å². The summed E-state index contributed by atoms with van der Waals surface area (Å²) in [5.74, 6) is 0.959. The molecular formula is C16H21N3. The predicted molar refractivity (Wildman–Crippen MR) is 78.2 cm³/mol. The van der Waals surface area contributed by atoms with Crippen LogP contribution in [0.5, 0.6) is 0 Å². The van der Waals surface area contributed by atoms with Crippen molar-refractivity contribution in [3.05, 3.63) is 48.3 Å². The number of nitrogens with zero attached hydrogens (tertiary/aromatic N) is 2. The van der Waals surface area contributed by atoms with Gasteiger partial charge in [-0.25, -0.2) is 0 Å². The molecule has 2 aromatic rings. The Labute approximate surface area is 114 Å². The Kier molecular flexibility index (Phi) is 3.53. The van der Waals surface area contributed by atoms with Gasteiger partial charge >= 0.3 is 0 Å². The van der Waals surface area contributed by atoms with Crippen molar-refractivity contribution in [3.8, 4) is 0 Å². The number of benzene rings is 1. The Balaban J connectivity index is 1.69. The highest BCUT2D eigenvalue weighted by Crippen LogP contribution is 2.34. The van der Waals surface area contributed by atoms with E-state index in [1.165, 1.54) is 30.5 Å². The topological polar surface area (TPSA) is 29.9 Å². The van der Waals surface area contributed by atoms with Crippen molar-refractivity contribution in [2.75, 3.05) is 5.32 Å². The number of para-hydroxylation sites is 1. The summed E-state index contributed by atoms with van der Waals surface area (Å²) >= 11 is 0. The van der Waals surface area contributed by atoms with Crippen LogP contribution in [0, 0.1) is 5.92 Å². The first-order chi connectivity index (χ1) is 9.31. The number of nitrogens with one attached hydrogen (secondary N) is 1. The molecule has 19 heavy (non-hydrogen) atoms. The van der Waals surface area contributed by atoms with Gasteiger partial charge in [-0.05, 0) is 37.0 Å². The molecule has 1 unspecified atom stereocenters. The van der Waals surface area contributed by atoms with Crippen molar-refractivity contribution in [2.24, 2.45) is 5.92 Å². The quantitative estimate of drug-likeness (QED) is 0.855. The van der Waals surface area contributed by atoms with Crippen LogP contribution in [0.15, 0.2) is 42.7 Å². The van der Waals surface area contributed by atoms with Gasteiger partial charge in [-0.1, -0.05) is 31.0 Å². The molecule has 3 heteroatoms. The van der Waals surface area contributed by atoms with Crippen LogP contribution in [0.1, 0.15) is 31.7 Å². The van der Waals surface area contributed by atoms with Gasteiger partial charge in [0.15, 0.2) is 0 Å². The molecule has 1 atom stereocenters. The van der Waals surface area contributed by atoms with Crippen LogP contribution in [-0.2, 0) is 6.54 Å². The SMILES string of the molecule is CC(CC1CC1)Nc1ccccc1Cn1cccn1. The maximum Gasteiger partial charge on any atom is 0.0679 e. The zero-order chi connectivity index (χ0) is 13.1. The summed E-state index contributed by atoms with van der Waals surface area (Å²) in [5, 5.41) is 7.93. The first-order valence-electron chi connectivity index (χ1n) is 7.13. The number of hydrogen-bond donors (Lipinski definition) is 1. The molecule has 0 amide bonds. The van der Waals surface area contributed by atoms with Crippen molar-refractivity contribution in [2.45, 2.75) is 38.8 Å². The molecule has 1 aromatic carbocycles. The van der Waals surface area contributed by atoms with Gasteiger partial charge in [0.2, 0.25) is 0 Å². The van der Waals surface area contributed by atoms with Crippen LogP contribution in [0.4, 0.5) is 5.69 Å². The molecule has 3 nitrogen and oxygen atoms in total. The lowest BCUT2D eigenvalue weighted by Crippen LogP contribution is -2.17. The third kappa shape index (κ3) is 3.37. The standard InChI is InChI=1S/C16H21N3/c1-13(11-14-7-8-14)18-16-6-3-2-5-15(16)12-19-10-4-9-17-19/h2-6,9-10,13-14,18H,7-8,11-12H2,1H3. The van der Waals surface area contributed by atoms with E-state index in [0.29, 0.717) is 6.04 Å². The van der Waals surface area contributed by atoms with Crippen LogP contribution in [-0.4, -0.2) is 15.8 Å². The number of rotatable bonds is 6. The zero-order valence-corrected chi connectivity index (χ0v) is 11.4. The van der Waals surface area contributed by atoms with E-state index < -0.39 is 0 Å². The monoisotopic (exact) mass is 255 g/mol. The number of hydrogen-bond acceptors (Lipinski definition) is 2. The summed E-state index contributed by atoms with van der Waals surface area (Å²) in [7, 11) is 0.